The zero-order chi connectivity index (χ0) is 19.4. The smallest absolute Gasteiger partial charge is 0.231 e. The number of benzene rings is 2. The molecule has 3 nitrogen and oxygen atoms in total. The third kappa shape index (κ3) is 4.40. The van der Waals surface area contributed by atoms with Gasteiger partial charge in [0.05, 0.1) is 17.3 Å². The molecule has 0 aliphatic heterocycles. The number of amides is 1. The molecule has 0 radical (unpaired) electrons. The van der Waals surface area contributed by atoms with Crippen LogP contribution in [0.1, 0.15) is 25.8 Å². The average molecular weight is 362 g/mol. The fraction of sp³-hybridized carbons (Fsp3) is 0.217. The normalized spacial score (nSPS) is 13.1. The second-order valence-corrected chi connectivity index (χ2v) is 7.35. The summed E-state index contributed by atoms with van der Waals surface area (Å²) in [6.07, 6.45) is 2.67. The van der Waals surface area contributed by atoms with Crippen molar-refractivity contribution in [2.45, 2.75) is 26.7 Å². The lowest BCUT2D eigenvalue weighted by molar-refractivity contribution is -0.124. The monoisotopic (exact) mass is 362 g/mol. The van der Waals surface area contributed by atoms with E-state index in [2.05, 4.69) is 16.9 Å². The van der Waals surface area contributed by atoms with E-state index in [1.165, 1.54) is 12.3 Å². The maximum Gasteiger partial charge on any atom is 0.231 e. The summed E-state index contributed by atoms with van der Waals surface area (Å²) in [5.41, 5.74) is 2.24. The molecule has 1 aromatic heterocycles. The fourth-order valence-electron chi connectivity index (χ4n) is 3.41. The van der Waals surface area contributed by atoms with Gasteiger partial charge in [0, 0.05) is 5.39 Å². The number of carbonyl (C=O) groups is 1. The molecule has 1 atom stereocenters. The standard InChI is InChI=1S/C23H23FN2O/c1-16(2)13-23(3,14-17-8-5-4-6-9-17)22(27)26-19-12-18-10-7-11-20(24)21(18)25-15-19/h4-12,15H,1,13-14H2,2-3H3,(H,26,27)/t23-/m0/s1. The van der Waals surface area contributed by atoms with Crippen molar-refractivity contribution in [3.63, 3.8) is 0 Å². The molecule has 0 aliphatic carbocycles. The summed E-state index contributed by atoms with van der Waals surface area (Å²) >= 11 is 0. The van der Waals surface area contributed by atoms with E-state index in [1.807, 2.05) is 44.2 Å². The molecule has 0 unspecified atom stereocenters. The van der Waals surface area contributed by atoms with Gasteiger partial charge >= 0.3 is 0 Å². The Labute approximate surface area is 158 Å². The van der Waals surface area contributed by atoms with Gasteiger partial charge < -0.3 is 5.32 Å². The van der Waals surface area contributed by atoms with Crippen LogP contribution in [0.4, 0.5) is 10.1 Å². The first kappa shape index (κ1) is 18.8. The SMILES string of the molecule is C=C(C)C[C@@](C)(Cc1ccccc1)C(=O)Nc1cnc2c(F)cccc2c1. The molecule has 4 heteroatoms. The number of aromatic nitrogens is 1. The lowest BCUT2D eigenvalue weighted by atomic mass is 9.77. The third-order valence-corrected chi connectivity index (χ3v) is 4.60. The average Bonchev–Trinajstić information content (AvgIpc) is 2.62. The first-order valence-electron chi connectivity index (χ1n) is 8.91. The number of nitrogens with one attached hydrogen (secondary N) is 1. The van der Waals surface area contributed by atoms with Gasteiger partial charge in [-0.25, -0.2) is 4.39 Å². The van der Waals surface area contributed by atoms with Crippen molar-refractivity contribution in [3.05, 3.63) is 84.3 Å². The van der Waals surface area contributed by atoms with Gasteiger partial charge in [-0.1, -0.05) is 55.0 Å². The molecule has 2 aromatic carbocycles. The molecular formula is C23H23FN2O. The molecule has 3 aromatic rings. The highest BCUT2D eigenvalue weighted by Crippen LogP contribution is 2.32. The number of carbonyl (C=O) groups excluding carboxylic acids is 1. The minimum Gasteiger partial charge on any atom is -0.324 e. The summed E-state index contributed by atoms with van der Waals surface area (Å²) in [6.45, 7) is 7.86. The van der Waals surface area contributed by atoms with Gasteiger partial charge in [-0.2, -0.15) is 0 Å². The van der Waals surface area contributed by atoms with Crippen molar-refractivity contribution in [3.8, 4) is 0 Å². The summed E-state index contributed by atoms with van der Waals surface area (Å²) in [7, 11) is 0. The molecule has 0 saturated heterocycles. The molecule has 0 saturated carbocycles. The summed E-state index contributed by atoms with van der Waals surface area (Å²) < 4.78 is 13.8. The lowest BCUT2D eigenvalue weighted by Gasteiger charge is -2.29. The molecule has 0 aliphatic rings. The van der Waals surface area contributed by atoms with E-state index in [4.69, 9.17) is 0 Å². The second-order valence-electron chi connectivity index (χ2n) is 7.35. The van der Waals surface area contributed by atoms with E-state index in [9.17, 15) is 9.18 Å². The topological polar surface area (TPSA) is 42.0 Å². The number of fused-ring (bicyclic) bond motifs is 1. The maximum atomic E-state index is 13.8. The van der Waals surface area contributed by atoms with Crippen LogP contribution in [0.2, 0.25) is 0 Å². The Morgan fingerprint density at radius 2 is 1.93 bits per heavy atom. The van der Waals surface area contributed by atoms with Crippen molar-refractivity contribution in [1.82, 2.24) is 4.98 Å². The minimum atomic E-state index is -0.649. The molecule has 1 N–H and O–H groups in total. The van der Waals surface area contributed by atoms with Crippen molar-refractivity contribution >= 4 is 22.5 Å². The molecule has 1 heterocycles. The molecule has 0 fully saturated rings. The van der Waals surface area contributed by atoms with Gasteiger partial charge in [0.25, 0.3) is 0 Å². The van der Waals surface area contributed by atoms with Crippen molar-refractivity contribution in [1.29, 1.82) is 0 Å². The Morgan fingerprint density at radius 3 is 2.63 bits per heavy atom. The van der Waals surface area contributed by atoms with Crippen LogP contribution in [-0.2, 0) is 11.2 Å². The highest BCUT2D eigenvalue weighted by atomic mass is 19.1. The predicted octanol–water partition coefficient (Wildman–Crippen LogP) is 5.53. The molecule has 27 heavy (non-hydrogen) atoms. The van der Waals surface area contributed by atoms with Crippen LogP contribution in [0, 0.1) is 11.2 Å². The quantitative estimate of drug-likeness (QED) is 0.586. The number of anilines is 1. The summed E-state index contributed by atoms with van der Waals surface area (Å²) in [5.74, 6) is -0.478. The zero-order valence-electron chi connectivity index (χ0n) is 15.6. The maximum absolute atomic E-state index is 13.8. The third-order valence-electron chi connectivity index (χ3n) is 4.60. The van der Waals surface area contributed by atoms with Gasteiger partial charge in [-0.15, -0.1) is 6.58 Å². The number of halogens is 1. The lowest BCUT2D eigenvalue weighted by Crippen LogP contribution is -2.36. The fourth-order valence-corrected chi connectivity index (χ4v) is 3.41. The van der Waals surface area contributed by atoms with Crippen LogP contribution in [-0.4, -0.2) is 10.9 Å². The van der Waals surface area contributed by atoms with Crippen LogP contribution in [0.5, 0.6) is 0 Å². The Morgan fingerprint density at radius 1 is 1.19 bits per heavy atom. The van der Waals surface area contributed by atoms with E-state index in [0.29, 0.717) is 29.4 Å². The Kier molecular flexibility index (Phi) is 5.36. The molecule has 1 amide bonds. The van der Waals surface area contributed by atoms with Gasteiger partial charge in [0.1, 0.15) is 11.3 Å². The van der Waals surface area contributed by atoms with Gasteiger partial charge in [-0.05, 0) is 37.5 Å². The Hall–Kier alpha value is -3.01. The zero-order valence-corrected chi connectivity index (χ0v) is 15.6. The van der Waals surface area contributed by atoms with E-state index in [0.717, 1.165) is 11.1 Å². The predicted molar refractivity (Wildman–Crippen MR) is 108 cm³/mol. The molecule has 0 spiro atoms. The Balaban J connectivity index is 1.86. The number of pyridine rings is 1. The highest BCUT2D eigenvalue weighted by Gasteiger charge is 2.33. The van der Waals surface area contributed by atoms with Crippen molar-refractivity contribution < 1.29 is 9.18 Å². The molecule has 3 rings (SSSR count). The second kappa shape index (κ2) is 7.70. The molecule has 0 bridgehead atoms. The van der Waals surface area contributed by atoms with Gasteiger partial charge in [0.2, 0.25) is 5.91 Å². The van der Waals surface area contributed by atoms with E-state index < -0.39 is 5.41 Å². The number of hydrogen-bond donors (Lipinski definition) is 1. The van der Waals surface area contributed by atoms with Crippen LogP contribution in [0.3, 0.4) is 0 Å². The van der Waals surface area contributed by atoms with Crippen LogP contribution < -0.4 is 5.32 Å². The summed E-state index contributed by atoms with van der Waals surface area (Å²) in [6, 6.07) is 16.5. The Bertz CT molecular complexity index is 984. The molecular weight excluding hydrogens is 339 g/mol. The van der Waals surface area contributed by atoms with Crippen LogP contribution in [0.15, 0.2) is 72.9 Å². The van der Waals surface area contributed by atoms with Crippen molar-refractivity contribution in [2.24, 2.45) is 5.41 Å². The number of hydrogen-bond acceptors (Lipinski definition) is 2. The first-order valence-corrected chi connectivity index (χ1v) is 8.91. The summed E-state index contributed by atoms with van der Waals surface area (Å²) in [4.78, 5) is 17.3. The van der Waals surface area contributed by atoms with E-state index in [1.54, 1.807) is 18.2 Å². The molecule has 138 valence electrons. The van der Waals surface area contributed by atoms with Crippen molar-refractivity contribution in [2.75, 3.05) is 5.32 Å². The number of nitrogens with zero attached hydrogens (tertiary/aromatic N) is 1. The summed E-state index contributed by atoms with van der Waals surface area (Å²) in [5, 5.41) is 3.61. The largest absolute Gasteiger partial charge is 0.324 e. The van der Waals surface area contributed by atoms with Gasteiger partial charge in [0.15, 0.2) is 0 Å². The number of rotatable bonds is 6. The van der Waals surface area contributed by atoms with Gasteiger partial charge in [-0.3, -0.25) is 9.78 Å². The van der Waals surface area contributed by atoms with E-state index in [-0.39, 0.29) is 11.7 Å². The number of allylic oxidation sites excluding steroid dienone is 1. The van der Waals surface area contributed by atoms with E-state index >= 15 is 0 Å². The van der Waals surface area contributed by atoms with Crippen LogP contribution >= 0.6 is 0 Å². The minimum absolute atomic E-state index is 0.105. The van der Waals surface area contributed by atoms with Crippen LogP contribution in [0.25, 0.3) is 10.9 Å². The number of para-hydroxylation sites is 1. The highest BCUT2D eigenvalue weighted by molar-refractivity contribution is 5.97. The first-order chi connectivity index (χ1) is 12.9.